The van der Waals surface area contributed by atoms with Crippen LogP contribution in [-0.4, -0.2) is 29.6 Å². The van der Waals surface area contributed by atoms with Crippen LogP contribution in [0.5, 0.6) is 0 Å². The van der Waals surface area contributed by atoms with E-state index in [4.69, 9.17) is 5.73 Å². The molecule has 2 N–H and O–H groups in total. The van der Waals surface area contributed by atoms with Gasteiger partial charge in [0, 0.05) is 24.7 Å². The minimum Gasteiger partial charge on any atom is -0.326 e. The van der Waals surface area contributed by atoms with Gasteiger partial charge in [0.1, 0.15) is 0 Å². The van der Waals surface area contributed by atoms with Crippen molar-refractivity contribution in [3.8, 4) is 0 Å². The van der Waals surface area contributed by atoms with E-state index in [-0.39, 0.29) is 0 Å². The van der Waals surface area contributed by atoms with Gasteiger partial charge in [0.05, 0.1) is 0 Å². The van der Waals surface area contributed by atoms with Gasteiger partial charge in [-0.15, -0.1) is 0 Å². The van der Waals surface area contributed by atoms with Crippen molar-refractivity contribution in [2.24, 2.45) is 11.7 Å². The molecule has 0 radical (unpaired) electrons. The summed E-state index contributed by atoms with van der Waals surface area (Å²) in [5.41, 5.74) is 8.01. The molecule has 20 heavy (non-hydrogen) atoms. The van der Waals surface area contributed by atoms with Crippen LogP contribution in [0.1, 0.15) is 50.0 Å². The molecule has 1 aromatic carbocycles. The van der Waals surface area contributed by atoms with Crippen LogP contribution in [-0.2, 0) is 0 Å². The molecule has 1 heterocycles. The molecule has 2 saturated carbocycles. The molecule has 1 saturated heterocycles. The summed E-state index contributed by atoms with van der Waals surface area (Å²) in [6, 6.07) is 13.0. The molecule has 4 rings (SSSR count). The number of hydrogen-bond donors (Lipinski definition) is 1. The molecule has 1 aromatic rings. The summed E-state index contributed by atoms with van der Waals surface area (Å²) < 4.78 is 0. The fourth-order valence-corrected chi connectivity index (χ4v) is 4.95. The van der Waals surface area contributed by atoms with E-state index in [2.05, 4.69) is 35.2 Å². The lowest BCUT2D eigenvalue weighted by Gasteiger charge is -2.43. The lowest BCUT2D eigenvalue weighted by atomic mass is 9.78. The highest BCUT2D eigenvalue weighted by Gasteiger charge is 2.44. The Morgan fingerprint density at radius 2 is 1.80 bits per heavy atom. The number of fused-ring (bicyclic) bond motifs is 2. The quantitative estimate of drug-likeness (QED) is 0.894. The number of nitrogens with zero attached hydrogens (tertiary/aromatic N) is 1. The zero-order valence-corrected chi connectivity index (χ0v) is 12.2. The molecule has 5 atom stereocenters. The number of likely N-dealkylation sites (tertiary alicyclic amines) is 1. The molecule has 2 bridgehead atoms. The average Bonchev–Trinajstić information content (AvgIpc) is 3.11. The molecule has 108 valence electrons. The van der Waals surface area contributed by atoms with Gasteiger partial charge in [0.15, 0.2) is 0 Å². The average molecular weight is 270 g/mol. The van der Waals surface area contributed by atoms with E-state index in [0.29, 0.717) is 12.1 Å². The Bertz CT molecular complexity index is 458. The van der Waals surface area contributed by atoms with Crippen molar-refractivity contribution in [1.82, 2.24) is 4.90 Å². The molecule has 0 spiro atoms. The van der Waals surface area contributed by atoms with Crippen LogP contribution in [0.3, 0.4) is 0 Å². The van der Waals surface area contributed by atoms with E-state index < -0.39 is 0 Å². The Kier molecular flexibility index (Phi) is 3.31. The Morgan fingerprint density at radius 1 is 0.950 bits per heavy atom. The lowest BCUT2D eigenvalue weighted by molar-refractivity contribution is 0.0956. The molecule has 3 fully saturated rings. The molecule has 2 nitrogen and oxygen atoms in total. The summed E-state index contributed by atoms with van der Waals surface area (Å²) >= 11 is 0. The Hall–Kier alpha value is -0.860. The number of hydrogen-bond acceptors (Lipinski definition) is 2. The van der Waals surface area contributed by atoms with Gasteiger partial charge in [-0.25, -0.2) is 0 Å². The third kappa shape index (κ3) is 2.19. The largest absolute Gasteiger partial charge is 0.326 e. The van der Waals surface area contributed by atoms with E-state index in [9.17, 15) is 0 Å². The number of rotatable bonds is 2. The first kappa shape index (κ1) is 12.8. The first-order valence-electron chi connectivity index (χ1n) is 8.37. The smallest absolute Gasteiger partial charge is 0.0256 e. The summed E-state index contributed by atoms with van der Waals surface area (Å²) in [5.74, 6) is 1.70. The van der Waals surface area contributed by atoms with Crippen LogP contribution < -0.4 is 5.73 Å². The third-order valence-corrected chi connectivity index (χ3v) is 6.02. The highest BCUT2D eigenvalue weighted by molar-refractivity contribution is 5.21. The summed E-state index contributed by atoms with van der Waals surface area (Å²) in [5, 5.41) is 0. The van der Waals surface area contributed by atoms with Gasteiger partial charge >= 0.3 is 0 Å². The minimum absolute atomic E-state index is 0.398. The van der Waals surface area contributed by atoms with Crippen LogP contribution in [0.2, 0.25) is 0 Å². The summed E-state index contributed by atoms with van der Waals surface area (Å²) in [7, 11) is 0. The van der Waals surface area contributed by atoms with Crippen molar-refractivity contribution in [3.63, 3.8) is 0 Å². The molecular formula is C18H26N2. The van der Waals surface area contributed by atoms with Crippen molar-refractivity contribution in [2.45, 2.75) is 62.6 Å². The number of nitrogens with two attached hydrogens (primary N) is 1. The standard InChI is InChI=1S/C18H26N2/c19-17-9-7-15(14-4-2-1-3-5-14)11-18(17)20-12-13-6-8-16(20)10-13/h1-5,13,15-18H,6-12,19H2. The highest BCUT2D eigenvalue weighted by atomic mass is 15.2. The highest BCUT2D eigenvalue weighted by Crippen LogP contribution is 2.43. The first-order valence-corrected chi connectivity index (χ1v) is 8.37. The summed E-state index contributed by atoms with van der Waals surface area (Å²) in [6.07, 6.45) is 8.06. The number of benzene rings is 1. The van der Waals surface area contributed by atoms with E-state index in [1.807, 2.05) is 0 Å². The molecule has 2 aliphatic carbocycles. The second-order valence-electron chi connectivity index (χ2n) is 7.18. The van der Waals surface area contributed by atoms with Crippen molar-refractivity contribution < 1.29 is 0 Å². The zero-order valence-electron chi connectivity index (χ0n) is 12.2. The molecule has 5 unspecified atom stereocenters. The SMILES string of the molecule is NC1CCC(c2ccccc2)CC1N1CC2CCC1C2. The van der Waals surface area contributed by atoms with Crippen LogP contribution >= 0.6 is 0 Å². The van der Waals surface area contributed by atoms with Crippen LogP contribution in [0.25, 0.3) is 0 Å². The van der Waals surface area contributed by atoms with Gasteiger partial charge in [-0.3, -0.25) is 4.90 Å². The molecule has 3 aliphatic rings. The molecular weight excluding hydrogens is 244 g/mol. The van der Waals surface area contributed by atoms with Gasteiger partial charge in [0.2, 0.25) is 0 Å². The van der Waals surface area contributed by atoms with Crippen LogP contribution in [0.4, 0.5) is 0 Å². The topological polar surface area (TPSA) is 29.3 Å². The van der Waals surface area contributed by atoms with Crippen LogP contribution in [0, 0.1) is 5.92 Å². The van der Waals surface area contributed by atoms with Crippen molar-refractivity contribution in [2.75, 3.05) is 6.54 Å². The van der Waals surface area contributed by atoms with Crippen molar-refractivity contribution in [3.05, 3.63) is 35.9 Å². The fourth-order valence-electron chi connectivity index (χ4n) is 4.95. The molecule has 2 heteroatoms. The maximum atomic E-state index is 6.49. The van der Waals surface area contributed by atoms with Crippen molar-refractivity contribution in [1.29, 1.82) is 0 Å². The van der Waals surface area contributed by atoms with Gasteiger partial charge in [0.25, 0.3) is 0 Å². The minimum atomic E-state index is 0.398. The van der Waals surface area contributed by atoms with Gasteiger partial charge in [-0.1, -0.05) is 30.3 Å². The second kappa shape index (κ2) is 5.16. The maximum Gasteiger partial charge on any atom is 0.0256 e. The van der Waals surface area contributed by atoms with Crippen molar-refractivity contribution >= 4 is 0 Å². The van der Waals surface area contributed by atoms with Gasteiger partial charge in [-0.2, -0.15) is 0 Å². The normalized spacial score (nSPS) is 41.1. The maximum absolute atomic E-state index is 6.49. The summed E-state index contributed by atoms with van der Waals surface area (Å²) in [6.45, 7) is 1.32. The Labute approximate surface area is 122 Å². The van der Waals surface area contributed by atoms with E-state index >= 15 is 0 Å². The predicted octanol–water partition coefficient (Wildman–Crippen LogP) is 3.13. The zero-order chi connectivity index (χ0) is 13.5. The summed E-state index contributed by atoms with van der Waals surface area (Å²) in [4.78, 5) is 2.79. The second-order valence-corrected chi connectivity index (χ2v) is 7.18. The Balaban J connectivity index is 1.51. The van der Waals surface area contributed by atoms with Gasteiger partial charge < -0.3 is 5.73 Å². The number of piperidine rings is 1. The molecule has 0 amide bonds. The predicted molar refractivity (Wildman–Crippen MR) is 82.6 cm³/mol. The van der Waals surface area contributed by atoms with Gasteiger partial charge in [-0.05, 0) is 55.9 Å². The monoisotopic (exact) mass is 270 g/mol. The van der Waals surface area contributed by atoms with E-state index in [0.717, 1.165) is 17.9 Å². The van der Waals surface area contributed by atoms with E-state index in [1.54, 1.807) is 0 Å². The Morgan fingerprint density at radius 3 is 2.50 bits per heavy atom. The third-order valence-electron chi connectivity index (χ3n) is 6.02. The fraction of sp³-hybridized carbons (Fsp3) is 0.667. The lowest BCUT2D eigenvalue weighted by Crippen LogP contribution is -2.53. The van der Waals surface area contributed by atoms with Crippen LogP contribution in [0.15, 0.2) is 30.3 Å². The molecule has 1 aliphatic heterocycles. The van der Waals surface area contributed by atoms with E-state index in [1.165, 1.54) is 50.6 Å². The first-order chi connectivity index (χ1) is 9.81. The molecule has 0 aromatic heterocycles.